The molecular formula is C18H22N4O3. The van der Waals surface area contributed by atoms with Gasteiger partial charge in [0.1, 0.15) is 11.8 Å². The first-order chi connectivity index (χ1) is 12.0. The number of nitrogens with zero attached hydrogens (tertiary/aromatic N) is 4. The zero-order valence-electron chi connectivity index (χ0n) is 14.5. The van der Waals surface area contributed by atoms with Gasteiger partial charge in [-0.2, -0.15) is 0 Å². The van der Waals surface area contributed by atoms with Crippen LogP contribution in [-0.4, -0.2) is 51.8 Å². The molecule has 3 rings (SSSR count). The van der Waals surface area contributed by atoms with E-state index in [1.54, 1.807) is 24.1 Å². The van der Waals surface area contributed by atoms with Crippen LogP contribution in [0.5, 0.6) is 0 Å². The number of likely N-dealkylation sites (tertiary alicyclic amines) is 1. The minimum atomic E-state index is -0.462. The third-order valence-electron chi connectivity index (χ3n) is 4.25. The van der Waals surface area contributed by atoms with E-state index in [4.69, 9.17) is 9.15 Å². The van der Waals surface area contributed by atoms with Crippen LogP contribution in [0.15, 0.2) is 41.5 Å². The van der Waals surface area contributed by atoms with Crippen molar-refractivity contribution in [1.29, 1.82) is 0 Å². The Bertz CT molecular complexity index is 738. The van der Waals surface area contributed by atoms with Gasteiger partial charge in [-0.25, -0.2) is 0 Å². The molecule has 1 unspecified atom stereocenters. The Morgan fingerprint density at radius 3 is 2.96 bits per heavy atom. The second kappa shape index (κ2) is 7.14. The first-order valence-electron chi connectivity index (χ1n) is 8.30. The number of hydrogen-bond donors (Lipinski definition) is 0. The molecule has 1 atom stereocenters. The molecule has 25 heavy (non-hydrogen) atoms. The van der Waals surface area contributed by atoms with Crippen LogP contribution in [0.1, 0.15) is 26.2 Å². The number of hydrogen-bond acceptors (Lipinski definition) is 6. The molecule has 1 aliphatic heterocycles. The van der Waals surface area contributed by atoms with Gasteiger partial charge in [0.25, 0.3) is 11.8 Å². The molecule has 0 aliphatic carbocycles. The van der Waals surface area contributed by atoms with Crippen LogP contribution in [0.3, 0.4) is 0 Å². The number of carbonyl (C=O) groups excluding carboxylic acids is 1. The van der Waals surface area contributed by atoms with E-state index < -0.39 is 6.10 Å². The molecule has 0 spiro atoms. The normalized spacial score (nSPS) is 17.0. The molecule has 1 aliphatic rings. The van der Waals surface area contributed by atoms with Gasteiger partial charge in [-0.15, -0.1) is 16.8 Å². The van der Waals surface area contributed by atoms with Crippen molar-refractivity contribution >= 4 is 5.91 Å². The molecule has 1 fully saturated rings. The Morgan fingerprint density at radius 1 is 1.48 bits per heavy atom. The first kappa shape index (κ1) is 17.3. The van der Waals surface area contributed by atoms with Crippen LogP contribution in [0.4, 0.5) is 0 Å². The minimum Gasteiger partial charge on any atom is -0.419 e. The van der Waals surface area contributed by atoms with Gasteiger partial charge in [-0.1, -0.05) is 12.1 Å². The molecule has 132 valence electrons. The van der Waals surface area contributed by atoms with Gasteiger partial charge in [0.15, 0.2) is 0 Å². The summed E-state index contributed by atoms with van der Waals surface area (Å²) in [4.78, 5) is 18.3. The average molecular weight is 342 g/mol. The summed E-state index contributed by atoms with van der Waals surface area (Å²) in [5.74, 6) is 0.895. The summed E-state index contributed by atoms with van der Waals surface area (Å²) in [7, 11) is 0. The number of ether oxygens (including phenoxy) is 1. The third kappa shape index (κ3) is 3.61. The van der Waals surface area contributed by atoms with E-state index in [0.717, 1.165) is 6.42 Å². The van der Waals surface area contributed by atoms with Crippen molar-refractivity contribution in [2.45, 2.75) is 31.8 Å². The standard InChI is InChI=1S/C18H22N4O3/c1-4-5-10-24-13(2)16(23)22-11-18(3,12-22)17-21-20-15(25-17)14-8-6-7-9-19-14/h4,6-9,13H,1,5,10-12H2,2-3H3. The van der Waals surface area contributed by atoms with Crippen LogP contribution in [0.2, 0.25) is 0 Å². The van der Waals surface area contributed by atoms with E-state index in [1.165, 1.54) is 0 Å². The molecule has 2 aromatic heterocycles. The van der Waals surface area contributed by atoms with Crippen LogP contribution in [-0.2, 0) is 14.9 Å². The maximum Gasteiger partial charge on any atom is 0.266 e. The van der Waals surface area contributed by atoms with Crippen molar-refractivity contribution in [2.24, 2.45) is 0 Å². The Kier molecular flexibility index (Phi) is 4.94. The number of aromatic nitrogens is 3. The lowest BCUT2D eigenvalue weighted by molar-refractivity contribution is -0.150. The highest BCUT2D eigenvalue weighted by molar-refractivity contribution is 5.81. The van der Waals surface area contributed by atoms with Crippen molar-refractivity contribution in [3.63, 3.8) is 0 Å². The van der Waals surface area contributed by atoms with Crippen molar-refractivity contribution in [3.05, 3.63) is 42.9 Å². The molecule has 1 saturated heterocycles. The molecular weight excluding hydrogens is 320 g/mol. The molecule has 7 nitrogen and oxygen atoms in total. The summed E-state index contributed by atoms with van der Waals surface area (Å²) in [5.41, 5.74) is 0.303. The van der Waals surface area contributed by atoms with Gasteiger partial charge in [0.2, 0.25) is 5.89 Å². The molecule has 0 N–H and O–H groups in total. The molecule has 7 heteroatoms. The quantitative estimate of drug-likeness (QED) is 0.567. The molecule has 3 heterocycles. The Labute approximate surface area is 146 Å². The molecule has 2 aromatic rings. The fourth-order valence-corrected chi connectivity index (χ4v) is 2.80. The van der Waals surface area contributed by atoms with Gasteiger partial charge >= 0.3 is 0 Å². The largest absolute Gasteiger partial charge is 0.419 e. The predicted octanol–water partition coefficient (Wildman–Crippen LogP) is 2.21. The Hall–Kier alpha value is -2.54. The van der Waals surface area contributed by atoms with Gasteiger partial charge in [-0.3, -0.25) is 9.78 Å². The highest BCUT2D eigenvalue weighted by Gasteiger charge is 2.47. The Morgan fingerprint density at radius 2 is 2.28 bits per heavy atom. The zero-order valence-corrected chi connectivity index (χ0v) is 14.5. The lowest BCUT2D eigenvalue weighted by Crippen LogP contribution is -2.61. The van der Waals surface area contributed by atoms with Crippen molar-refractivity contribution in [2.75, 3.05) is 19.7 Å². The maximum atomic E-state index is 12.4. The number of amides is 1. The van der Waals surface area contributed by atoms with Gasteiger partial charge in [0.05, 0.1) is 12.0 Å². The van der Waals surface area contributed by atoms with E-state index in [9.17, 15) is 4.79 Å². The third-order valence-corrected chi connectivity index (χ3v) is 4.25. The Balaban J connectivity index is 1.60. The topological polar surface area (TPSA) is 81.4 Å². The lowest BCUT2D eigenvalue weighted by Gasteiger charge is -2.46. The van der Waals surface area contributed by atoms with Crippen molar-refractivity contribution in [1.82, 2.24) is 20.1 Å². The second-order valence-corrected chi connectivity index (χ2v) is 6.47. The monoisotopic (exact) mass is 342 g/mol. The van der Waals surface area contributed by atoms with Crippen LogP contribution >= 0.6 is 0 Å². The molecule has 0 saturated carbocycles. The highest BCUT2D eigenvalue weighted by atomic mass is 16.5. The smallest absolute Gasteiger partial charge is 0.266 e. The van der Waals surface area contributed by atoms with E-state index in [1.807, 2.05) is 25.1 Å². The highest BCUT2D eigenvalue weighted by Crippen LogP contribution is 2.34. The molecule has 0 bridgehead atoms. The summed E-state index contributed by atoms with van der Waals surface area (Å²) in [6.45, 7) is 8.98. The second-order valence-electron chi connectivity index (χ2n) is 6.47. The van der Waals surface area contributed by atoms with E-state index >= 15 is 0 Å². The fourth-order valence-electron chi connectivity index (χ4n) is 2.80. The predicted molar refractivity (Wildman–Crippen MR) is 91.7 cm³/mol. The summed E-state index contributed by atoms with van der Waals surface area (Å²) in [6.07, 6.45) is 3.72. The summed E-state index contributed by atoms with van der Waals surface area (Å²) in [6, 6.07) is 5.51. The van der Waals surface area contributed by atoms with Crippen LogP contribution in [0, 0.1) is 0 Å². The summed E-state index contributed by atoms with van der Waals surface area (Å²) >= 11 is 0. The van der Waals surface area contributed by atoms with Crippen molar-refractivity contribution < 1.29 is 13.9 Å². The van der Waals surface area contributed by atoms with Gasteiger partial charge in [-0.05, 0) is 32.4 Å². The average Bonchev–Trinajstić information content (AvgIpc) is 3.10. The number of carbonyl (C=O) groups is 1. The first-order valence-corrected chi connectivity index (χ1v) is 8.30. The van der Waals surface area contributed by atoms with Gasteiger partial charge < -0.3 is 14.1 Å². The van der Waals surface area contributed by atoms with E-state index in [0.29, 0.717) is 37.2 Å². The molecule has 0 radical (unpaired) electrons. The number of rotatable bonds is 7. The summed E-state index contributed by atoms with van der Waals surface area (Å²) in [5, 5.41) is 8.22. The maximum absolute atomic E-state index is 12.4. The van der Waals surface area contributed by atoms with Crippen LogP contribution < -0.4 is 0 Å². The fraction of sp³-hybridized carbons (Fsp3) is 0.444. The molecule has 0 aromatic carbocycles. The lowest BCUT2D eigenvalue weighted by atomic mass is 9.81. The number of pyridine rings is 1. The van der Waals surface area contributed by atoms with E-state index in [-0.39, 0.29) is 11.3 Å². The van der Waals surface area contributed by atoms with Crippen molar-refractivity contribution in [3.8, 4) is 11.6 Å². The molecule has 1 amide bonds. The van der Waals surface area contributed by atoms with Gasteiger partial charge in [0, 0.05) is 19.3 Å². The summed E-state index contributed by atoms with van der Waals surface area (Å²) < 4.78 is 11.3. The minimum absolute atomic E-state index is 0.0222. The SMILES string of the molecule is C=CCCOC(C)C(=O)N1CC(C)(c2nnc(-c3ccccn3)o2)C1. The zero-order chi connectivity index (χ0) is 17.9. The van der Waals surface area contributed by atoms with E-state index in [2.05, 4.69) is 21.8 Å². The van der Waals surface area contributed by atoms with Crippen LogP contribution in [0.25, 0.3) is 11.6 Å².